The molecule has 0 radical (unpaired) electrons. The minimum Gasteiger partial charge on any atom is -0.394 e. The van der Waals surface area contributed by atoms with E-state index in [0.717, 1.165) is 51.3 Å². The zero-order valence-corrected chi connectivity index (χ0v) is 21.6. The second-order valence-corrected chi connectivity index (χ2v) is 11.1. The van der Waals surface area contributed by atoms with Gasteiger partial charge in [0.25, 0.3) is 5.91 Å². The summed E-state index contributed by atoms with van der Waals surface area (Å²) in [5, 5.41) is 16.0. The molecule has 2 aromatic heterocycles. The molecule has 2 aliphatic heterocycles. The fourth-order valence-corrected chi connectivity index (χ4v) is 5.17. The first kappa shape index (κ1) is 24.8. The summed E-state index contributed by atoms with van der Waals surface area (Å²) in [5.74, 6) is 2.46. The monoisotopic (exact) mass is 494 g/mol. The highest BCUT2D eigenvalue weighted by atomic mass is 16.5. The van der Waals surface area contributed by atoms with Crippen LogP contribution in [-0.2, 0) is 4.74 Å². The predicted octanol–water partition coefficient (Wildman–Crippen LogP) is 3.52. The molecule has 5 rings (SSSR count). The molecule has 3 N–H and O–H groups in total. The van der Waals surface area contributed by atoms with Crippen molar-refractivity contribution in [2.24, 2.45) is 5.41 Å². The van der Waals surface area contributed by atoms with E-state index in [9.17, 15) is 9.90 Å². The van der Waals surface area contributed by atoms with E-state index in [4.69, 9.17) is 14.7 Å². The smallest absolute Gasteiger partial charge is 0.260 e. The number of ether oxygens (including phenoxy) is 1. The molecule has 1 atom stereocenters. The van der Waals surface area contributed by atoms with Crippen LogP contribution in [0, 0.1) is 5.41 Å². The molecule has 2 aromatic rings. The first-order valence-electron chi connectivity index (χ1n) is 13.0. The highest BCUT2D eigenvalue weighted by Crippen LogP contribution is 2.54. The predicted molar refractivity (Wildman–Crippen MR) is 142 cm³/mol. The van der Waals surface area contributed by atoms with Crippen LogP contribution in [-0.4, -0.2) is 72.5 Å². The zero-order valence-electron chi connectivity index (χ0n) is 21.6. The number of aliphatic hydroxyl groups excluding tert-OH is 1. The molecule has 9 heteroatoms. The minimum atomic E-state index is -0.518. The molecule has 1 unspecified atom stereocenters. The van der Waals surface area contributed by atoms with Crippen LogP contribution >= 0.6 is 0 Å². The van der Waals surface area contributed by atoms with E-state index in [2.05, 4.69) is 20.4 Å². The van der Waals surface area contributed by atoms with Crippen molar-refractivity contribution < 1.29 is 14.6 Å². The molecule has 0 bridgehead atoms. The average Bonchev–Trinajstić information content (AvgIpc) is 3.45. The van der Waals surface area contributed by atoms with Gasteiger partial charge in [0.15, 0.2) is 0 Å². The van der Waals surface area contributed by atoms with Gasteiger partial charge in [0.1, 0.15) is 23.3 Å². The largest absolute Gasteiger partial charge is 0.394 e. The zero-order chi connectivity index (χ0) is 25.3. The van der Waals surface area contributed by atoms with Crippen molar-refractivity contribution in [1.29, 1.82) is 0 Å². The van der Waals surface area contributed by atoms with Gasteiger partial charge in [0, 0.05) is 33.3 Å². The van der Waals surface area contributed by atoms with E-state index in [1.54, 1.807) is 13.2 Å². The maximum absolute atomic E-state index is 13.5. The Morgan fingerprint density at radius 3 is 2.53 bits per heavy atom. The van der Waals surface area contributed by atoms with Crippen LogP contribution in [0.3, 0.4) is 0 Å². The molecule has 3 aliphatic rings. The lowest BCUT2D eigenvalue weighted by Crippen LogP contribution is -2.38. The second kappa shape index (κ2) is 9.86. The number of carbonyl (C=O) groups is 1. The van der Waals surface area contributed by atoms with E-state index in [1.807, 2.05) is 38.1 Å². The number of pyridine rings is 2. The third-order valence-electron chi connectivity index (χ3n) is 7.84. The molecule has 1 saturated carbocycles. The molecule has 9 nitrogen and oxygen atoms in total. The number of piperidine rings is 1. The van der Waals surface area contributed by atoms with E-state index in [1.165, 1.54) is 12.8 Å². The third-order valence-corrected chi connectivity index (χ3v) is 7.84. The Kier molecular flexibility index (Phi) is 6.78. The number of carbonyl (C=O) groups excluding carboxylic acids is 1. The summed E-state index contributed by atoms with van der Waals surface area (Å²) in [5.41, 5.74) is 0.535. The number of amides is 1. The summed E-state index contributed by atoms with van der Waals surface area (Å²) in [6, 6.07) is 9.33. The maximum atomic E-state index is 13.5. The van der Waals surface area contributed by atoms with Crippen LogP contribution < -0.4 is 20.4 Å². The number of nitrogens with one attached hydrogen (secondary N) is 2. The number of hydrogen-bond donors (Lipinski definition) is 3. The van der Waals surface area contributed by atoms with Crippen molar-refractivity contribution in [2.45, 2.75) is 57.6 Å². The van der Waals surface area contributed by atoms with Crippen molar-refractivity contribution >= 4 is 29.2 Å². The summed E-state index contributed by atoms with van der Waals surface area (Å²) in [4.78, 5) is 27.5. The highest BCUT2D eigenvalue weighted by Gasteiger charge is 2.45. The Labute approximate surface area is 213 Å². The van der Waals surface area contributed by atoms with Crippen LogP contribution in [0.1, 0.15) is 56.3 Å². The Balaban J connectivity index is 1.36. The molecule has 194 valence electrons. The van der Waals surface area contributed by atoms with E-state index < -0.39 is 5.54 Å². The first-order chi connectivity index (χ1) is 17.3. The van der Waals surface area contributed by atoms with Crippen LogP contribution in [0.2, 0.25) is 0 Å². The van der Waals surface area contributed by atoms with Gasteiger partial charge in [0.2, 0.25) is 0 Å². The summed E-state index contributed by atoms with van der Waals surface area (Å²) in [7, 11) is 1.74. The number of aliphatic hydroxyl groups is 1. The van der Waals surface area contributed by atoms with Gasteiger partial charge in [0.05, 0.1) is 23.8 Å². The molecular formula is C27H38N6O3. The van der Waals surface area contributed by atoms with Crippen LogP contribution in [0.4, 0.5) is 23.3 Å². The summed E-state index contributed by atoms with van der Waals surface area (Å²) in [6.45, 7) is 7.27. The number of aromatic nitrogens is 2. The minimum absolute atomic E-state index is 0.0252. The number of nitrogens with zero attached hydrogens (tertiary/aromatic N) is 4. The lowest BCUT2D eigenvalue weighted by Gasteiger charge is -2.34. The van der Waals surface area contributed by atoms with Crippen molar-refractivity contribution in [3.05, 3.63) is 35.9 Å². The van der Waals surface area contributed by atoms with Gasteiger partial charge in [-0.3, -0.25) is 4.79 Å². The molecule has 1 spiro atoms. The van der Waals surface area contributed by atoms with Gasteiger partial charge in [-0.05, 0) is 75.6 Å². The Morgan fingerprint density at radius 2 is 1.86 bits per heavy atom. The van der Waals surface area contributed by atoms with E-state index >= 15 is 0 Å². The third kappa shape index (κ3) is 5.42. The van der Waals surface area contributed by atoms with E-state index in [-0.39, 0.29) is 18.6 Å². The summed E-state index contributed by atoms with van der Waals surface area (Å²) >= 11 is 0. The number of hydrogen-bond acceptors (Lipinski definition) is 8. The Bertz CT molecular complexity index is 1090. The average molecular weight is 495 g/mol. The molecule has 36 heavy (non-hydrogen) atoms. The van der Waals surface area contributed by atoms with Gasteiger partial charge < -0.3 is 30.3 Å². The van der Waals surface area contributed by atoms with Gasteiger partial charge in [-0.15, -0.1) is 0 Å². The first-order valence-corrected chi connectivity index (χ1v) is 13.0. The quantitative estimate of drug-likeness (QED) is 0.512. The van der Waals surface area contributed by atoms with Crippen molar-refractivity contribution in [2.75, 3.05) is 60.3 Å². The Morgan fingerprint density at radius 1 is 1.08 bits per heavy atom. The topological polar surface area (TPSA) is 103 Å². The molecule has 0 aromatic carbocycles. The number of methoxy groups -OCH3 is 1. The molecule has 1 aliphatic carbocycles. The fourth-order valence-electron chi connectivity index (χ4n) is 5.17. The molecule has 1 amide bonds. The van der Waals surface area contributed by atoms with Crippen molar-refractivity contribution in [3.63, 3.8) is 0 Å². The van der Waals surface area contributed by atoms with Crippen LogP contribution in [0.5, 0.6) is 0 Å². The van der Waals surface area contributed by atoms with Crippen LogP contribution in [0.15, 0.2) is 30.3 Å². The SMILES string of the molecule is COC1CCN(c2cccc(NC(=O)c3ccc(NC(C)(C)CO)nc3N3CCC4(CC3)CC4)n2)C1. The van der Waals surface area contributed by atoms with Gasteiger partial charge >= 0.3 is 0 Å². The summed E-state index contributed by atoms with van der Waals surface area (Å²) in [6.07, 6.45) is 6.08. The highest BCUT2D eigenvalue weighted by molar-refractivity contribution is 6.07. The summed E-state index contributed by atoms with van der Waals surface area (Å²) < 4.78 is 5.48. The van der Waals surface area contributed by atoms with Crippen molar-refractivity contribution in [3.8, 4) is 0 Å². The lowest BCUT2D eigenvalue weighted by atomic mass is 9.93. The number of rotatable bonds is 8. The fraction of sp³-hybridized carbons (Fsp3) is 0.593. The number of anilines is 4. The maximum Gasteiger partial charge on any atom is 0.260 e. The lowest BCUT2D eigenvalue weighted by molar-refractivity contribution is 0.102. The standard InChI is InChI=1S/C27H38N6O3/c1-26(2,18-34)31-22-8-7-20(24(29-22)32-15-12-27(10-11-27)13-16-32)25(35)30-21-5-4-6-23(28-21)33-14-9-19(17-33)36-3/h4-8,19,34H,9-18H2,1-3H3,(H,29,31)(H,28,30,35). The Hall–Kier alpha value is -2.91. The normalized spacial score (nSPS) is 21.1. The molecular weight excluding hydrogens is 456 g/mol. The van der Waals surface area contributed by atoms with Gasteiger partial charge in [-0.25, -0.2) is 9.97 Å². The van der Waals surface area contributed by atoms with Gasteiger partial charge in [-0.1, -0.05) is 6.07 Å². The van der Waals surface area contributed by atoms with Crippen LogP contribution in [0.25, 0.3) is 0 Å². The van der Waals surface area contributed by atoms with E-state index in [0.29, 0.717) is 28.4 Å². The van der Waals surface area contributed by atoms with Gasteiger partial charge in [-0.2, -0.15) is 0 Å². The molecule has 4 heterocycles. The second-order valence-electron chi connectivity index (χ2n) is 11.1. The molecule has 2 saturated heterocycles. The van der Waals surface area contributed by atoms with Crippen molar-refractivity contribution in [1.82, 2.24) is 9.97 Å². The molecule has 3 fully saturated rings.